The Hall–Kier alpha value is -1.89. The largest absolute Gasteiger partial charge is 0.492 e. The second kappa shape index (κ2) is 8.42. The van der Waals surface area contributed by atoms with E-state index in [1.54, 1.807) is 29.2 Å². The van der Waals surface area contributed by atoms with Crippen LogP contribution in [0.15, 0.2) is 41.3 Å². The lowest BCUT2D eigenvalue weighted by atomic mass is 10.1. The fourth-order valence-corrected chi connectivity index (χ4v) is 4.45. The van der Waals surface area contributed by atoms with Crippen LogP contribution in [0.5, 0.6) is 5.75 Å². The van der Waals surface area contributed by atoms with Gasteiger partial charge in [-0.05, 0) is 36.8 Å². The van der Waals surface area contributed by atoms with Gasteiger partial charge < -0.3 is 14.7 Å². The number of rotatable bonds is 6. The van der Waals surface area contributed by atoms with E-state index in [0.717, 1.165) is 10.5 Å². The van der Waals surface area contributed by atoms with Gasteiger partial charge in [-0.15, -0.1) is 11.8 Å². The molecule has 0 saturated heterocycles. The number of carbonyl (C=O) groups is 2. The number of thioether (sulfide) groups is 1. The highest BCUT2D eigenvalue weighted by atomic mass is 35.5. The Labute approximate surface area is 171 Å². The van der Waals surface area contributed by atoms with Crippen LogP contribution < -0.4 is 9.64 Å². The van der Waals surface area contributed by atoms with Crippen LogP contribution in [0.1, 0.15) is 18.9 Å². The van der Waals surface area contributed by atoms with Gasteiger partial charge in [-0.3, -0.25) is 9.59 Å². The number of carboxylic acid groups (broad SMARTS) is 1. The van der Waals surface area contributed by atoms with Crippen molar-refractivity contribution >= 4 is 52.5 Å². The van der Waals surface area contributed by atoms with Crippen LogP contribution in [0.25, 0.3) is 0 Å². The molecule has 1 atom stereocenters. The molecule has 1 aliphatic rings. The first-order chi connectivity index (χ1) is 12.9. The van der Waals surface area contributed by atoms with E-state index >= 15 is 0 Å². The van der Waals surface area contributed by atoms with Crippen LogP contribution in [0.4, 0.5) is 5.69 Å². The van der Waals surface area contributed by atoms with Crippen molar-refractivity contribution in [2.75, 3.05) is 11.5 Å². The van der Waals surface area contributed by atoms with Crippen molar-refractivity contribution in [1.82, 2.24) is 0 Å². The van der Waals surface area contributed by atoms with Gasteiger partial charge in [-0.25, -0.2) is 0 Å². The average Bonchev–Trinajstić information content (AvgIpc) is 2.61. The molecule has 2 aromatic rings. The average molecular weight is 426 g/mol. The Morgan fingerprint density at radius 2 is 2.04 bits per heavy atom. The van der Waals surface area contributed by atoms with Gasteiger partial charge >= 0.3 is 5.97 Å². The summed E-state index contributed by atoms with van der Waals surface area (Å²) in [7, 11) is 0. The highest BCUT2D eigenvalue weighted by molar-refractivity contribution is 8.01. The van der Waals surface area contributed by atoms with Gasteiger partial charge in [0.05, 0.1) is 34.9 Å². The standard InChI is InChI=1S/C19H17Cl2NO4S/c1-2-26-14-4-3-5-15-18(14)22(19(25)16(27-15)9-17(23)24)10-11-6-7-12(20)13(21)8-11/h3-8,16H,2,9-10H2,1H3,(H,23,24). The molecule has 2 aromatic carbocycles. The second-order valence-corrected chi connectivity index (χ2v) is 7.97. The summed E-state index contributed by atoms with van der Waals surface area (Å²) in [5.41, 5.74) is 1.44. The zero-order valence-electron chi connectivity index (χ0n) is 14.4. The van der Waals surface area contributed by atoms with Crippen LogP contribution >= 0.6 is 35.0 Å². The van der Waals surface area contributed by atoms with Crippen molar-refractivity contribution < 1.29 is 19.4 Å². The van der Waals surface area contributed by atoms with E-state index in [9.17, 15) is 14.7 Å². The molecule has 1 heterocycles. The van der Waals surface area contributed by atoms with Gasteiger partial charge in [-0.1, -0.05) is 35.3 Å². The monoisotopic (exact) mass is 425 g/mol. The summed E-state index contributed by atoms with van der Waals surface area (Å²) >= 11 is 13.3. The Balaban J connectivity index is 2.04. The molecule has 0 saturated carbocycles. The van der Waals surface area contributed by atoms with E-state index in [2.05, 4.69) is 0 Å². The number of fused-ring (bicyclic) bond motifs is 1. The molecule has 0 aliphatic carbocycles. The van der Waals surface area contributed by atoms with Crippen LogP contribution in [0.2, 0.25) is 10.0 Å². The zero-order chi connectivity index (χ0) is 19.6. The van der Waals surface area contributed by atoms with E-state index < -0.39 is 11.2 Å². The minimum atomic E-state index is -1.01. The number of benzene rings is 2. The Morgan fingerprint density at radius 3 is 2.70 bits per heavy atom. The number of nitrogens with zero attached hydrogens (tertiary/aromatic N) is 1. The van der Waals surface area contributed by atoms with E-state index in [0.29, 0.717) is 28.1 Å². The third kappa shape index (κ3) is 4.34. The van der Waals surface area contributed by atoms with Crippen molar-refractivity contribution in [2.24, 2.45) is 0 Å². The van der Waals surface area contributed by atoms with Gasteiger partial charge in [0.25, 0.3) is 0 Å². The summed E-state index contributed by atoms with van der Waals surface area (Å²) in [6.07, 6.45) is -0.250. The lowest BCUT2D eigenvalue weighted by Crippen LogP contribution is -2.41. The molecule has 27 heavy (non-hydrogen) atoms. The summed E-state index contributed by atoms with van der Waals surface area (Å²) in [5, 5.41) is 9.30. The first-order valence-electron chi connectivity index (χ1n) is 8.30. The number of carbonyl (C=O) groups excluding carboxylic acids is 1. The second-order valence-electron chi connectivity index (χ2n) is 5.91. The zero-order valence-corrected chi connectivity index (χ0v) is 16.8. The molecule has 5 nitrogen and oxygen atoms in total. The Morgan fingerprint density at radius 1 is 1.26 bits per heavy atom. The van der Waals surface area contributed by atoms with Gasteiger partial charge in [0.15, 0.2) is 0 Å². The summed E-state index contributed by atoms with van der Waals surface area (Å²) in [6, 6.07) is 10.7. The predicted octanol–water partition coefficient (Wildman–Crippen LogP) is 4.87. The van der Waals surface area contributed by atoms with Crippen molar-refractivity contribution in [3.8, 4) is 5.75 Å². The van der Waals surface area contributed by atoms with Crippen LogP contribution in [0.3, 0.4) is 0 Å². The normalized spacial score (nSPS) is 16.2. The predicted molar refractivity (Wildman–Crippen MR) is 107 cm³/mol. The maximum absolute atomic E-state index is 13.1. The molecule has 0 bridgehead atoms. The topological polar surface area (TPSA) is 66.8 Å². The third-order valence-electron chi connectivity index (χ3n) is 4.03. The molecule has 3 rings (SSSR count). The van der Waals surface area contributed by atoms with Crippen LogP contribution in [0, 0.1) is 0 Å². The molecule has 0 fully saturated rings. The van der Waals surface area contributed by atoms with E-state index in [1.165, 1.54) is 11.8 Å². The highest BCUT2D eigenvalue weighted by Gasteiger charge is 2.36. The molecule has 1 amide bonds. The number of hydrogen-bond acceptors (Lipinski definition) is 4. The number of para-hydroxylation sites is 1. The van der Waals surface area contributed by atoms with Crippen molar-refractivity contribution in [3.63, 3.8) is 0 Å². The van der Waals surface area contributed by atoms with E-state index in [-0.39, 0.29) is 18.9 Å². The Kier molecular flexibility index (Phi) is 6.19. The number of ether oxygens (including phenoxy) is 1. The molecule has 0 radical (unpaired) electrons. The molecule has 1 N–H and O–H groups in total. The number of halogens is 2. The first-order valence-corrected chi connectivity index (χ1v) is 9.93. The molecule has 8 heteroatoms. The van der Waals surface area contributed by atoms with Gasteiger partial charge in [0, 0.05) is 4.90 Å². The molecular formula is C19H17Cl2NO4S. The van der Waals surface area contributed by atoms with E-state index in [1.807, 2.05) is 19.1 Å². The van der Waals surface area contributed by atoms with Gasteiger partial charge in [0.1, 0.15) is 11.4 Å². The smallest absolute Gasteiger partial charge is 0.305 e. The number of amides is 1. The Bertz CT molecular complexity index is 890. The third-order valence-corrected chi connectivity index (χ3v) is 6.00. The summed E-state index contributed by atoms with van der Waals surface area (Å²) < 4.78 is 5.71. The number of carboxylic acids is 1. The first kappa shape index (κ1) is 19.9. The van der Waals surface area contributed by atoms with Gasteiger partial charge in [0.2, 0.25) is 5.91 Å². The maximum Gasteiger partial charge on any atom is 0.305 e. The molecule has 0 spiro atoms. The molecule has 0 aromatic heterocycles. The van der Waals surface area contributed by atoms with E-state index in [4.69, 9.17) is 27.9 Å². The van der Waals surface area contributed by atoms with Crippen molar-refractivity contribution in [3.05, 3.63) is 52.0 Å². The van der Waals surface area contributed by atoms with Crippen molar-refractivity contribution in [1.29, 1.82) is 0 Å². The molecule has 142 valence electrons. The minimum absolute atomic E-state index is 0.240. The molecule has 1 aliphatic heterocycles. The lowest BCUT2D eigenvalue weighted by molar-refractivity contribution is -0.138. The number of hydrogen-bond donors (Lipinski definition) is 1. The van der Waals surface area contributed by atoms with Crippen molar-refractivity contribution in [2.45, 2.75) is 30.0 Å². The molecule has 1 unspecified atom stereocenters. The lowest BCUT2D eigenvalue weighted by Gasteiger charge is -2.34. The van der Waals surface area contributed by atoms with Gasteiger partial charge in [-0.2, -0.15) is 0 Å². The summed E-state index contributed by atoms with van der Waals surface area (Å²) in [4.78, 5) is 26.6. The minimum Gasteiger partial charge on any atom is -0.492 e. The summed E-state index contributed by atoms with van der Waals surface area (Å²) in [5.74, 6) is -0.697. The summed E-state index contributed by atoms with van der Waals surface area (Å²) in [6.45, 7) is 2.56. The SMILES string of the molecule is CCOc1cccc2c1N(Cc1ccc(Cl)c(Cl)c1)C(=O)C(CC(=O)O)S2. The fourth-order valence-electron chi connectivity index (χ4n) is 2.89. The highest BCUT2D eigenvalue weighted by Crippen LogP contribution is 2.46. The number of aliphatic carboxylic acids is 1. The maximum atomic E-state index is 13.1. The van der Waals surface area contributed by atoms with Crippen LogP contribution in [-0.4, -0.2) is 28.8 Å². The van der Waals surface area contributed by atoms with Crippen LogP contribution in [-0.2, 0) is 16.1 Å². The quantitative estimate of drug-likeness (QED) is 0.714. The fraction of sp³-hybridized carbons (Fsp3) is 0.263. The number of anilines is 1. The molecular weight excluding hydrogens is 409 g/mol.